The van der Waals surface area contributed by atoms with Crippen molar-refractivity contribution < 1.29 is 9.53 Å². The van der Waals surface area contributed by atoms with E-state index in [1.54, 1.807) is 38.0 Å². The number of ether oxygens (including phenoxy) is 1. The monoisotopic (exact) mass is 358 g/mol. The molecule has 1 atom stereocenters. The Morgan fingerprint density at radius 1 is 1.00 bits per heavy atom. The van der Waals surface area contributed by atoms with Crippen molar-refractivity contribution in [3.8, 4) is 5.75 Å². The molecule has 0 spiro atoms. The molecule has 0 fully saturated rings. The summed E-state index contributed by atoms with van der Waals surface area (Å²) in [4.78, 5) is 21.2. The second kappa shape index (κ2) is 7.29. The average Bonchev–Trinajstić information content (AvgIpc) is 3.20. The maximum atomic E-state index is 12.9. The van der Waals surface area contributed by atoms with Gasteiger partial charge >= 0.3 is 0 Å². The Balaban J connectivity index is 1.66. The number of hydrogen-bond donors (Lipinski definition) is 1. The SMILES string of the molecule is COc1ccc(C(NC(=O)c2ccc3nccn3c2)c2ccncc2)cc1. The molecule has 0 aliphatic carbocycles. The fourth-order valence-electron chi connectivity index (χ4n) is 2.98. The first-order chi connectivity index (χ1) is 13.2. The van der Waals surface area contributed by atoms with Crippen LogP contribution >= 0.6 is 0 Å². The number of amides is 1. The van der Waals surface area contributed by atoms with Gasteiger partial charge in [-0.1, -0.05) is 12.1 Å². The first kappa shape index (κ1) is 16.8. The third kappa shape index (κ3) is 3.50. The minimum absolute atomic E-state index is 0.164. The van der Waals surface area contributed by atoms with E-state index in [0.29, 0.717) is 5.56 Å². The van der Waals surface area contributed by atoms with Crippen molar-refractivity contribution in [2.45, 2.75) is 6.04 Å². The zero-order valence-corrected chi connectivity index (χ0v) is 14.7. The average molecular weight is 358 g/mol. The first-order valence-electron chi connectivity index (χ1n) is 8.52. The van der Waals surface area contributed by atoms with Crippen molar-refractivity contribution in [3.05, 3.63) is 96.2 Å². The van der Waals surface area contributed by atoms with Gasteiger partial charge < -0.3 is 14.5 Å². The van der Waals surface area contributed by atoms with Crippen LogP contribution in [0.3, 0.4) is 0 Å². The molecule has 4 aromatic rings. The number of hydrogen-bond acceptors (Lipinski definition) is 4. The number of carbonyl (C=O) groups is 1. The van der Waals surface area contributed by atoms with Crippen LogP contribution in [0.5, 0.6) is 5.75 Å². The zero-order valence-electron chi connectivity index (χ0n) is 14.7. The molecule has 4 rings (SSSR count). The van der Waals surface area contributed by atoms with Crippen LogP contribution in [0.2, 0.25) is 0 Å². The highest BCUT2D eigenvalue weighted by Gasteiger charge is 2.18. The Hall–Kier alpha value is -3.67. The third-order valence-electron chi connectivity index (χ3n) is 4.41. The van der Waals surface area contributed by atoms with Crippen LogP contribution in [0.25, 0.3) is 5.65 Å². The van der Waals surface area contributed by atoms with E-state index in [2.05, 4.69) is 15.3 Å². The summed E-state index contributed by atoms with van der Waals surface area (Å²) >= 11 is 0. The van der Waals surface area contributed by atoms with E-state index < -0.39 is 0 Å². The number of aromatic nitrogens is 3. The Kier molecular flexibility index (Phi) is 4.53. The molecule has 0 saturated carbocycles. The van der Waals surface area contributed by atoms with E-state index in [4.69, 9.17) is 4.74 Å². The molecule has 0 bridgehead atoms. The predicted octanol–water partition coefficient (Wildman–Crippen LogP) is 3.26. The molecule has 27 heavy (non-hydrogen) atoms. The van der Waals surface area contributed by atoms with Gasteiger partial charge in [-0.15, -0.1) is 0 Å². The standard InChI is InChI=1S/C21H18N4O2/c1-27-18-5-2-15(3-6-18)20(16-8-10-22-11-9-16)24-21(26)17-4-7-19-23-12-13-25(19)14-17/h2-14,20H,1H3,(H,24,26). The maximum Gasteiger partial charge on any atom is 0.253 e. The summed E-state index contributed by atoms with van der Waals surface area (Å²) in [5.41, 5.74) is 3.27. The van der Waals surface area contributed by atoms with Crippen molar-refractivity contribution in [2.75, 3.05) is 7.11 Å². The summed E-state index contributed by atoms with van der Waals surface area (Å²) < 4.78 is 7.06. The van der Waals surface area contributed by atoms with Crippen LogP contribution in [0, 0.1) is 0 Å². The molecule has 3 heterocycles. The lowest BCUT2D eigenvalue weighted by atomic mass is 9.99. The van der Waals surface area contributed by atoms with E-state index in [1.807, 2.05) is 53.1 Å². The van der Waals surface area contributed by atoms with Crippen LogP contribution in [0.15, 0.2) is 79.5 Å². The fraction of sp³-hybridized carbons (Fsp3) is 0.0952. The third-order valence-corrected chi connectivity index (χ3v) is 4.41. The molecule has 134 valence electrons. The lowest BCUT2D eigenvalue weighted by Gasteiger charge is -2.20. The Bertz CT molecular complexity index is 1060. The van der Waals surface area contributed by atoms with Crippen molar-refractivity contribution in [3.63, 3.8) is 0 Å². The zero-order chi connectivity index (χ0) is 18.6. The Morgan fingerprint density at radius 2 is 1.74 bits per heavy atom. The van der Waals surface area contributed by atoms with E-state index in [9.17, 15) is 4.79 Å². The highest BCUT2D eigenvalue weighted by Crippen LogP contribution is 2.24. The summed E-state index contributed by atoms with van der Waals surface area (Å²) in [5.74, 6) is 0.604. The van der Waals surface area contributed by atoms with Gasteiger partial charge in [-0.25, -0.2) is 4.98 Å². The Labute approximate surface area is 156 Å². The molecule has 1 N–H and O–H groups in total. The molecule has 3 aromatic heterocycles. The topological polar surface area (TPSA) is 68.5 Å². The summed E-state index contributed by atoms with van der Waals surface area (Å²) in [5, 5.41) is 3.12. The van der Waals surface area contributed by atoms with E-state index >= 15 is 0 Å². The van der Waals surface area contributed by atoms with Crippen molar-refractivity contribution in [1.82, 2.24) is 19.7 Å². The number of carbonyl (C=O) groups excluding carboxylic acids is 1. The number of pyridine rings is 2. The summed E-state index contributed by atoms with van der Waals surface area (Å²) in [7, 11) is 1.63. The van der Waals surface area contributed by atoms with Gasteiger partial charge in [0.25, 0.3) is 5.91 Å². The van der Waals surface area contributed by atoms with Gasteiger partial charge in [0.1, 0.15) is 11.4 Å². The molecular weight excluding hydrogens is 340 g/mol. The van der Waals surface area contributed by atoms with E-state index in [0.717, 1.165) is 22.5 Å². The number of rotatable bonds is 5. The number of benzene rings is 1. The molecule has 1 unspecified atom stereocenters. The summed E-state index contributed by atoms with van der Waals surface area (Å²) in [6.45, 7) is 0. The molecule has 1 aromatic carbocycles. The summed E-state index contributed by atoms with van der Waals surface area (Å²) in [6, 6.07) is 14.7. The highest BCUT2D eigenvalue weighted by molar-refractivity contribution is 5.94. The highest BCUT2D eigenvalue weighted by atomic mass is 16.5. The van der Waals surface area contributed by atoms with Gasteiger partial charge in [0.2, 0.25) is 0 Å². The van der Waals surface area contributed by atoms with Crippen LogP contribution in [0.4, 0.5) is 0 Å². The summed E-state index contributed by atoms with van der Waals surface area (Å²) in [6.07, 6.45) is 8.73. The van der Waals surface area contributed by atoms with Crippen LogP contribution < -0.4 is 10.1 Å². The molecule has 1 amide bonds. The molecule has 0 aliphatic rings. The molecule has 6 nitrogen and oxygen atoms in total. The van der Waals surface area contributed by atoms with Crippen LogP contribution in [0.1, 0.15) is 27.5 Å². The fourth-order valence-corrected chi connectivity index (χ4v) is 2.98. The van der Waals surface area contributed by atoms with Crippen LogP contribution in [-0.2, 0) is 0 Å². The number of methoxy groups -OCH3 is 1. The number of fused-ring (bicyclic) bond motifs is 1. The van der Waals surface area contributed by atoms with Crippen LogP contribution in [-0.4, -0.2) is 27.4 Å². The van der Waals surface area contributed by atoms with Gasteiger partial charge in [-0.3, -0.25) is 9.78 Å². The predicted molar refractivity (Wildman–Crippen MR) is 102 cm³/mol. The molecule has 0 saturated heterocycles. The second-order valence-electron chi connectivity index (χ2n) is 6.07. The lowest BCUT2D eigenvalue weighted by molar-refractivity contribution is 0.0942. The first-order valence-corrected chi connectivity index (χ1v) is 8.52. The number of nitrogens with zero attached hydrogens (tertiary/aromatic N) is 3. The molecular formula is C21H18N4O2. The smallest absolute Gasteiger partial charge is 0.253 e. The number of nitrogens with one attached hydrogen (secondary N) is 1. The quantitative estimate of drug-likeness (QED) is 0.595. The van der Waals surface area contributed by atoms with Gasteiger partial charge in [-0.2, -0.15) is 0 Å². The van der Waals surface area contributed by atoms with E-state index in [-0.39, 0.29) is 11.9 Å². The van der Waals surface area contributed by atoms with Crippen molar-refractivity contribution in [2.24, 2.45) is 0 Å². The minimum atomic E-state index is -0.301. The maximum absolute atomic E-state index is 12.9. The van der Waals surface area contributed by atoms with Gasteiger partial charge in [0, 0.05) is 31.0 Å². The molecule has 6 heteroatoms. The minimum Gasteiger partial charge on any atom is -0.497 e. The van der Waals surface area contributed by atoms with Gasteiger partial charge in [-0.05, 0) is 47.5 Å². The van der Waals surface area contributed by atoms with Crippen molar-refractivity contribution >= 4 is 11.6 Å². The number of imidazole rings is 1. The van der Waals surface area contributed by atoms with Crippen molar-refractivity contribution in [1.29, 1.82) is 0 Å². The molecule has 0 aliphatic heterocycles. The second-order valence-corrected chi connectivity index (χ2v) is 6.07. The van der Waals surface area contributed by atoms with E-state index in [1.165, 1.54) is 0 Å². The van der Waals surface area contributed by atoms with Gasteiger partial charge in [0.05, 0.1) is 18.7 Å². The largest absolute Gasteiger partial charge is 0.497 e. The normalized spacial score (nSPS) is 11.9. The Morgan fingerprint density at radius 3 is 2.48 bits per heavy atom. The van der Waals surface area contributed by atoms with Gasteiger partial charge in [0.15, 0.2) is 0 Å². The molecule has 0 radical (unpaired) electrons. The lowest BCUT2D eigenvalue weighted by Crippen LogP contribution is -2.29.